The van der Waals surface area contributed by atoms with Gasteiger partial charge >= 0.3 is 5.69 Å². The predicted molar refractivity (Wildman–Crippen MR) is 196 cm³/mol. The van der Waals surface area contributed by atoms with Gasteiger partial charge in [0.2, 0.25) is 0 Å². The molecule has 4 aromatic carbocycles. The van der Waals surface area contributed by atoms with Gasteiger partial charge in [0.1, 0.15) is 5.54 Å². The molecular weight excluding hydrogens is 599 g/mol. The predicted octanol–water partition coefficient (Wildman–Crippen LogP) is 7.18. The molecule has 0 aliphatic carbocycles. The van der Waals surface area contributed by atoms with Gasteiger partial charge in [-0.1, -0.05) is 110 Å². The van der Waals surface area contributed by atoms with E-state index in [0.717, 1.165) is 78.3 Å². The van der Waals surface area contributed by atoms with Crippen molar-refractivity contribution in [2.75, 3.05) is 32.7 Å². The van der Waals surface area contributed by atoms with Gasteiger partial charge in [0, 0.05) is 25.7 Å². The van der Waals surface area contributed by atoms with Crippen LogP contribution >= 0.6 is 12.2 Å². The van der Waals surface area contributed by atoms with Crippen molar-refractivity contribution in [1.82, 2.24) is 24.3 Å². The van der Waals surface area contributed by atoms with Crippen LogP contribution in [0.15, 0.2) is 120 Å². The molecule has 47 heavy (non-hydrogen) atoms. The van der Waals surface area contributed by atoms with E-state index in [4.69, 9.17) is 12.2 Å². The molecule has 7 rings (SSSR count). The summed E-state index contributed by atoms with van der Waals surface area (Å²) < 4.78 is 4.10. The largest absolute Gasteiger partial charge is 0.349 e. The lowest BCUT2D eigenvalue weighted by Gasteiger charge is -2.42. The van der Waals surface area contributed by atoms with Crippen molar-refractivity contribution in [2.24, 2.45) is 0 Å². The average molecular weight is 644 g/mol. The third-order valence-corrected chi connectivity index (χ3v) is 10.6. The molecule has 7 heteroatoms. The first kappa shape index (κ1) is 31.4. The van der Waals surface area contributed by atoms with E-state index in [9.17, 15) is 4.79 Å². The number of fused-ring (bicyclic) bond motifs is 1. The number of benzene rings is 4. The van der Waals surface area contributed by atoms with E-state index in [-0.39, 0.29) is 11.7 Å². The number of imidazole rings is 1. The molecule has 242 valence electrons. The molecule has 5 aromatic rings. The third kappa shape index (κ3) is 6.39. The highest BCUT2D eigenvalue weighted by Gasteiger charge is 2.38. The van der Waals surface area contributed by atoms with Crippen LogP contribution < -0.4 is 11.0 Å². The third-order valence-electron chi connectivity index (χ3n) is 10.2. The van der Waals surface area contributed by atoms with Crippen molar-refractivity contribution in [3.63, 3.8) is 0 Å². The number of para-hydroxylation sites is 2. The highest BCUT2D eigenvalue weighted by molar-refractivity contribution is 7.80. The minimum Gasteiger partial charge on any atom is -0.349 e. The normalized spacial score (nSPS) is 16.4. The number of hydrogen-bond donors (Lipinski definition) is 1. The molecule has 0 saturated carbocycles. The summed E-state index contributed by atoms with van der Waals surface area (Å²) in [6, 6.07) is 40.3. The Morgan fingerprint density at radius 1 is 0.660 bits per heavy atom. The molecular formula is C40H45N5OS. The molecule has 0 spiro atoms. The quantitative estimate of drug-likeness (QED) is 0.136. The lowest BCUT2D eigenvalue weighted by atomic mass is 9.77. The summed E-state index contributed by atoms with van der Waals surface area (Å²) in [7, 11) is 0. The molecule has 0 bridgehead atoms. The van der Waals surface area contributed by atoms with Gasteiger partial charge in [-0.2, -0.15) is 0 Å². The zero-order valence-corrected chi connectivity index (χ0v) is 28.0. The highest BCUT2D eigenvalue weighted by Crippen LogP contribution is 2.37. The lowest BCUT2D eigenvalue weighted by Crippen LogP contribution is -2.54. The second kappa shape index (κ2) is 14.3. The maximum atomic E-state index is 14.0. The van der Waals surface area contributed by atoms with Crippen LogP contribution in [-0.2, 0) is 12.1 Å². The zero-order valence-electron chi connectivity index (χ0n) is 27.1. The van der Waals surface area contributed by atoms with Gasteiger partial charge in [-0.15, -0.1) is 0 Å². The molecule has 6 nitrogen and oxygen atoms in total. The van der Waals surface area contributed by atoms with E-state index in [1.54, 1.807) is 0 Å². The number of rotatable bonds is 9. The van der Waals surface area contributed by atoms with Crippen LogP contribution in [0.3, 0.4) is 0 Å². The van der Waals surface area contributed by atoms with Crippen molar-refractivity contribution in [2.45, 2.75) is 56.7 Å². The molecule has 2 fully saturated rings. The number of aromatic nitrogens is 2. The SMILES string of the molecule is O=c1n(CCCN2CCCCC2)c2ccccc2n1C1CCN(C(=S)NC(c2ccccc2)(c2ccccc2)c2ccccc2)CC1. The number of hydrogen-bond acceptors (Lipinski definition) is 3. The van der Waals surface area contributed by atoms with Gasteiger partial charge in [-0.05, 0) is 92.8 Å². The van der Waals surface area contributed by atoms with Gasteiger partial charge in [0.05, 0.1) is 11.0 Å². The number of likely N-dealkylation sites (tertiary alicyclic amines) is 2. The van der Waals surface area contributed by atoms with Gasteiger partial charge in [-0.25, -0.2) is 4.79 Å². The summed E-state index contributed by atoms with van der Waals surface area (Å²) in [5.41, 5.74) is 4.97. The molecule has 0 amide bonds. The Hall–Kier alpha value is -4.20. The second-order valence-corrected chi connectivity index (χ2v) is 13.4. The fraction of sp³-hybridized carbons (Fsp3) is 0.350. The monoisotopic (exact) mass is 643 g/mol. The number of nitrogens with zero attached hydrogens (tertiary/aromatic N) is 4. The number of piperidine rings is 2. The van der Waals surface area contributed by atoms with E-state index in [1.807, 2.05) is 4.57 Å². The molecule has 1 N–H and O–H groups in total. The highest BCUT2D eigenvalue weighted by atomic mass is 32.1. The molecule has 0 radical (unpaired) electrons. The summed E-state index contributed by atoms with van der Waals surface area (Å²) in [5.74, 6) is 0. The minimum atomic E-state index is -0.656. The summed E-state index contributed by atoms with van der Waals surface area (Å²) in [5, 5.41) is 4.61. The van der Waals surface area contributed by atoms with E-state index in [0.29, 0.717) is 0 Å². The Morgan fingerprint density at radius 3 is 1.72 bits per heavy atom. The van der Waals surface area contributed by atoms with Crippen LogP contribution in [0.2, 0.25) is 0 Å². The lowest BCUT2D eigenvalue weighted by molar-refractivity contribution is 0.222. The van der Waals surface area contributed by atoms with Crippen LogP contribution in [0, 0.1) is 0 Å². The maximum Gasteiger partial charge on any atom is 0.329 e. The Morgan fingerprint density at radius 2 is 1.17 bits per heavy atom. The number of aryl methyl sites for hydroxylation is 1. The van der Waals surface area contributed by atoms with Crippen molar-refractivity contribution < 1.29 is 0 Å². The van der Waals surface area contributed by atoms with Crippen molar-refractivity contribution in [3.05, 3.63) is 142 Å². The first-order chi connectivity index (χ1) is 23.1. The van der Waals surface area contributed by atoms with Gasteiger partial charge in [0.15, 0.2) is 5.11 Å². The minimum absolute atomic E-state index is 0.125. The number of nitrogens with one attached hydrogen (secondary N) is 1. The Labute approximate surface area is 283 Å². The Balaban J connectivity index is 1.11. The molecule has 0 unspecified atom stereocenters. The summed E-state index contributed by atoms with van der Waals surface area (Å²) >= 11 is 6.22. The first-order valence-electron chi connectivity index (χ1n) is 17.3. The van der Waals surface area contributed by atoms with Gasteiger partial charge in [-0.3, -0.25) is 9.13 Å². The zero-order chi connectivity index (χ0) is 32.1. The van der Waals surface area contributed by atoms with E-state index < -0.39 is 5.54 Å². The van der Waals surface area contributed by atoms with Crippen molar-refractivity contribution in [1.29, 1.82) is 0 Å². The van der Waals surface area contributed by atoms with Gasteiger partial charge in [0.25, 0.3) is 0 Å². The Bertz CT molecular complexity index is 1720. The fourth-order valence-electron chi connectivity index (χ4n) is 7.78. The molecule has 0 atom stereocenters. The van der Waals surface area contributed by atoms with E-state index >= 15 is 0 Å². The van der Waals surface area contributed by atoms with Crippen LogP contribution in [0.5, 0.6) is 0 Å². The summed E-state index contributed by atoms with van der Waals surface area (Å²) in [6.45, 7) is 5.77. The van der Waals surface area contributed by atoms with Crippen molar-refractivity contribution >= 4 is 28.4 Å². The molecule has 2 aliphatic heterocycles. The number of thiocarbonyl (C=S) groups is 1. The maximum absolute atomic E-state index is 14.0. The van der Waals surface area contributed by atoms with Crippen LogP contribution in [0.4, 0.5) is 0 Å². The molecule has 2 aliphatic rings. The fourth-order valence-corrected chi connectivity index (χ4v) is 8.12. The summed E-state index contributed by atoms with van der Waals surface area (Å²) in [6.07, 6.45) is 6.65. The molecule has 3 heterocycles. The standard InChI is InChI=1S/C40H45N5OS/c46-39-44(29-15-28-42-26-13-4-14-27-42)36-22-11-12-23-37(36)45(39)35-24-30-43(31-25-35)38(47)41-40(32-16-5-1-6-17-32,33-18-7-2-8-19-33)34-20-9-3-10-21-34/h1-3,5-12,16-23,35H,4,13-15,24-31H2,(H,41,47). The molecule has 1 aromatic heterocycles. The van der Waals surface area contributed by atoms with E-state index in [1.165, 1.54) is 32.4 Å². The second-order valence-electron chi connectivity index (χ2n) is 13.0. The first-order valence-corrected chi connectivity index (χ1v) is 17.7. The van der Waals surface area contributed by atoms with Crippen molar-refractivity contribution in [3.8, 4) is 0 Å². The van der Waals surface area contributed by atoms with Gasteiger partial charge < -0.3 is 15.1 Å². The van der Waals surface area contributed by atoms with E-state index in [2.05, 4.69) is 135 Å². The van der Waals surface area contributed by atoms with Crippen LogP contribution in [0.1, 0.15) is 61.3 Å². The average Bonchev–Trinajstić information content (AvgIpc) is 3.42. The molecule has 2 saturated heterocycles. The van der Waals surface area contributed by atoms with Crippen LogP contribution in [-0.4, -0.2) is 56.8 Å². The topological polar surface area (TPSA) is 45.4 Å². The summed E-state index contributed by atoms with van der Waals surface area (Å²) in [4.78, 5) is 18.9. The van der Waals surface area contributed by atoms with Crippen LogP contribution in [0.25, 0.3) is 11.0 Å². The smallest absolute Gasteiger partial charge is 0.329 e. The Kier molecular flexibility index (Phi) is 9.54.